The zero-order valence-electron chi connectivity index (χ0n) is 10.2. The number of nitrogens with zero attached hydrogens (tertiary/aromatic N) is 1. The first-order chi connectivity index (χ1) is 9.56. The normalized spacial score (nSPS) is 10.7. The van der Waals surface area contributed by atoms with Crippen LogP contribution in [0.25, 0.3) is 0 Å². The number of benzene rings is 2. The lowest BCUT2D eigenvalue weighted by Gasteiger charge is -2.01. The fourth-order valence-electron chi connectivity index (χ4n) is 1.47. The maximum Gasteiger partial charge on any atom is 0.271 e. The molecular formula is C14H11ClN2O3. The van der Waals surface area contributed by atoms with Crippen LogP contribution in [0, 0.1) is 0 Å². The second-order valence-corrected chi connectivity index (χ2v) is 4.39. The van der Waals surface area contributed by atoms with E-state index in [9.17, 15) is 15.0 Å². The molecule has 0 saturated carbocycles. The van der Waals surface area contributed by atoms with Crippen LogP contribution >= 0.6 is 11.6 Å². The molecule has 0 unspecified atom stereocenters. The zero-order valence-corrected chi connectivity index (χ0v) is 11.0. The summed E-state index contributed by atoms with van der Waals surface area (Å²) in [6, 6.07) is 10.3. The average molecular weight is 291 g/mol. The summed E-state index contributed by atoms with van der Waals surface area (Å²) in [6.45, 7) is 0. The molecule has 6 heteroatoms. The Balaban J connectivity index is 2.04. The van der Waals surface area contributed by atoms with Gasteiger partial charge in [0.25, 0.3) is 5.91 Å². The van der Waals surface area contributed by atoms with Gasteiger partial charge in [-0.25, -0.2) is 5.43 Å². The third-order valence-corrected chi connectivity index (χ3v) is 2.74. The molecule has 0 spiro atoms. The summed E-state index contributed by atoms with van der Waals surface area (Å²) in [5, 5.41) is 23.0. The van der Waals surface area contributed by atoms with Gasteiger partial charge in [-0.15, -0.1) is 0 Å². The molecule has 0 aliphatic heterocycles. The van der Waals surface area contributed by atoms with Gasteiger partial charge < -0.3 is 10.2 Å². The lowest BCUT2D eigenvalue weighted by atomic mass is 10.2. The Morgan fingerprint density at radius 1 is 1.15 bits per heavy atom. The maximum absolute atomic E-state index is 11.7. The highest BCUT2D eigenvalue weighted by Crippen LogP contribution is 2.19. The molecule has 0 heterocycles. The molecule has 20 heavy (non-hydrogen) atoms. The van der Waals surface area contributed by atoms with Crippen molar-refractivity contribution in [2.24, 2.45) is 5.10 Å². The SMILES string of the molecule is O=C(N/N=C/c1cc(O)ccc1O)c1ccc(Cl)cc1. The molecule has 0 aromatic heterocycles. The molecule has 1 amide bonds. The Kier molecular flexibility index (Phi) is 4.22. The molecule has 0 aliphatic carbocycles. The van der Waals surface area contributed by atoms with E-state index in [-0.39, 0.29) is 11.5 Å². The van der Waals surface area contributed by atoms with Crippen molar-refractivity contribution in [2.45, 2.75) is 0 Å². The number of hydrogen-bond acceptors (Lipinski definition) is 4. The average Bonchev–Trinajstić information content (AvgIpc) is 2.43. The summed E-state index contributed by atoms with van der Waals surface area (Å²) >= 11 is 5.72. The summed E-state index contributed by atoms with van der Waals surface area (Å²) in [6.07, 6.45) is 1.24. The number of phenolic OH excluding ortho intramolecular Hbond substituents is 2. The van der Waals surface area contributed by atoms with Crippen LogP contribution in [-0.4, -0.2) is 22.3 Å². The summed E-state index contributed by atoms with van der Waals surface area (Å²) in [5.41, 5.74) is 3.01. The van der Waals surface area contributed by atoms with E-state index in [0.29, 0.717) is 16.1 Å². The molecule has 2 rings (SSSR count). The summed E-state index contributed by atoms with van der Waals surface area (Å²) in [5.74, 6) is -0.460. The molecule has 5 nitrogen and oxygen atoms in total. The number of nitrogens with one attached hydrogen (secondary N) is 1. The van der Waals surface area contributed by atoms with Gasteiger partial charge in [0, 0.05) is 16.1 Å². The fraction of sp³-hybridized carbons (Fsp3) is 0. The number of rotatable bonds is 3. The molecule has 2 aromatic carbocycles. The van der Waals surface area contributed by atoms with Crippen molar-refractivity contribution in [3.63, 3.8) is 0 Å². The molecule has 0 saturated heterocycles. The van der Waals surface area contributed by atoms with E-state index in [0.717, 1.165) is 0 Å². The number of phenols is 2. The van der Waals surface area contributed by atoms with E-state index >= 15 is 0 Å². The molecule has 0 radical (unpaired) electrons. The van der Waals surface area contributed by atoms with Crippen LogP contribution in [0.4, 0.5) is 0 Å². The molecule has 0 aliphatic rings. The number of halogens is 1. The van der Waals surface area contributed by atoms with Crippen molar-refractivity contribution in [1.82, 2.24) is 5.43 Å². The number of aromatic hydroxyl groups is 2. The minimum absolute atomic E-state index is 0.00622. The largest absolute Gasteiger partial charge is 0.508 e. The van der Waals surface area contributed by atoms with Crippen molar-refractivity contribution in [2.75, 3.05) is 0 Å². The summed E-state index contributed by atoms with van der Waals surface area (Å²) < 4.78 is 0. The van der Waals surface area contributed by atoms with Gasteiger partial charge in [-0.05, 0) is 42.5 Å². The van der Waals surface area contributed by atoms with Crippen LogP contribution < -0.4 is 5.43 Å². The van der Waals surface area contributed by atoms with E-state index in [1.807, 2.05) is 0 Å². The highest BCUT2D eigenvalue weighted by atomic mass is 35.5. The first-order valence-electron chi connectivity index (χ1n) is 5.67. The molecule has 0 bridgehead atoms. The van der Waals surface area contributed by atoms with Gasteiger partial charge in [0.2, 0.25) is 0 Å². The van der Waals surface area contributed by atoms with Crippen LogP contribution in [0.1, 0.15) is 15.9 Å². The lowest BCUT2D eigenvalue weighted by Crippen LogP contribution is -2.17. The second-order valence-electron chi connectivity index (χ2n) is 3.95. The third-order valence-electron chi connectivity index (χ3n) is 2.49. The van der Waals surface area contributed by atoms with Crippen molar-refractivity contribution in [3.8, 4) is 11.5 Å². The Morgan fingerprint density at radius 2 is 1.85 bits per heavy atom. The fourth-order valence-corrected chi connectivity index (χ4v) is 1.60. The Morgan fingerprint density at radius 3 is 2.55 bits per heavy atom. The number of hydrazone groups is 1. The van der Waals surface area contributed by atoms with Crippen molar-refractivity contribution in [1.29, 1.82) is 0 Å². The Bertz CT molecular complexity index is 654. The number of carbonyl (C=O) groups excluding carboxylic acids is 1. The standard InChI is InChI=1S/C14H11ClN2O3/c15-11-3-1-9(2-4-11)14(20)17-16-8-10-7-12(18)5-6-13(10)19/h1-8,18-19H,(H,17,20)/b16-8+. The molecule has 3 N–H and O–H groups in total. The van der Waals surface area contributed by atoms with E-state index in [4.69, 9.17) is 11.6 Å². The van der Waals surface area contributed by atoms with E-state index in [1.165, 1.54) is 24.4 Å². The van der Waals surface area contributed by atoms with Gasteiger partial charge in [-0.1, -0.05) is 11.6 Å². The van der Waals surface area contributed by atoms with Crippen LogP contribution in [0.15, 0.2) is 47.6 Å². The molecule has 2 aromatic rings. The number of amides is 1. The predicted octanol–water partition coefficient (Wildman–Crippen LogP) is 2.52. The summed E-state index contributed by atoms with van der Waals surface area (Å²) in [7, 11) is 0. The van der Waals surface area contributed by atoms with Gasteiger partial charge in [-0.3, -0.25) is 4.79 Å². The maximum atomic E-state index is 11.7. The minimum atomic E-state index is -0.405. The van der Waals surface area contributed by atoms with Gasteiger partial charge in [-0.2, -0.15) is 5.10 Å². The topological polar surface area (TPSA) is 81.9 Å². The van der Waals surface area contributed by atoms with E-state index < -0.39 is 5.91 Å². The Hall–Kier alpha value is -2.53. The van der Waals surface area contributed by atoms with Gasteiger partial charge in [0.1, 0.15) is 11.5 Å². The monoisotopic (exact) mass is 290 g/mol. The molecule has 0 fully saturated rings. The molecule has 102 valence electrons. The first-order valence-corrected chi connectivity index (χ1v) is 6.05. The highest BCUT2D eigenvalue weighted by molar-refractivity contribution is 6.30. The van der Waals surface area contributed by atoms with Gasteiger partial charge in [0.15, 0.2) is 0 Å². The molecular weight excluding hydrogens is 280 g/mol. The first kappa shape index (κ1) is 13.9. The van der Waals surface area contributed by atoms with E-state index in [1.54, 1.807) is 24.3 Å². The van der Waals surface area contributed by atoms with Crippen LogP contribution in [0.3, 0.4) is 0 Å². The minimum Gasteiger partial charge on any atom is -0.508 e. The van der Waals surface area contributed by atoms with E-state index in [2.05, 4.69) is 10.5 Å². The summed E-state index contributed by atoms with van der Waals surface area (Å²) in [4.78, 5) is 11.7. The van der Waals surface area contributed by atoms with Crippen molar-refractivity contribution < 1.29 is 15.0 Å². The highest BCUT2D eigenvalue weighted by Gasteiger charge is 2.04. The van der Waals surface area contributed by atoms with Crippen LogP contribution in [0.2, 0.25) is 5.02 Å². The van der Waals surface area contributed by atoms with Gasteiger partial charge >= 0.3 is 0 Å². The van der Waals surface area contributed by atoms with Crippen LogP contribution in [0.5, 0.6) is 11.5 Å². The Labute approximate surface area is 120 Å². The lowest BCUT2D eigenvalue weighted by molar-refractivity contribution is 0.0955. The zero-order chi connectivity index (χ0) is 14.5. The number of carbonyl (C=O) groups is 1. The van der Waals surface area contributed by atoms with Crippen molar-refractivity contribution >= 4 is 23.7 Å². The molecule has 0 atom stereocenters. The van der Waals surface area contributed by atoms with Crippen LogP contribution in [-0.2, 0) is 0 Å². The third kappa shape index (κ3) is 3.49. The number of hydrogen-bond donors (Lipinski definition) is 3. The van der Waals surface area contributed by atoms with Crippen molar-refractivity contribution in [3.05, 3.63) is 58.6 Å². The quantitative estimate of drug-likeness (QED) is 0.461. The second kappa shape index (κ2) is 6.08. The smallest absolute Gasteiger partial charge is 0.271 e. The predicted molar refractivity (Wildman–Crippen MR) is 76.3 cm³/mol. The van der Waals surface area contributed by atoms with Gasteiger partial charge in [0.05, 0.1) is 6.21 Å².